The molecule has 0 aromatic heterocycles. The van der Waals surface area contributed by atoms with E-state index >= 15 is 0 Å². The van der Waals surface area contributed by atoms with E-state index in [4.69, 9.17) is 11.6 Å². The van der Waals surface area contributed by atoms with Crippen LogP contribution < -0.4 is 5.32 Å². The van der Waals surface area contributed by atoms with Crippen LogP contribution in [0.3, 0.4) is 0 Å². The molecule has 1 N–H and O–H groups in total. The molecule has 0 spiro atoms. The van der Waals surface area contributed by atoms with Crippen molar-refractivity contribution >= 4 is 11.6 Å². The Morgan fingerprint density at radius 2 is 2.20 bits per heavy atom. The average molecular weight is 224 g/mol. The summed E-state index contributed by atoms with van der Waals surface area (Å²) in [6.45, 7) is 6.82. The lowest BCUT2D eigenvalue weighted by Gasteiger charge is -2.36. The van der Waals surface area contributed by atoms with Crippen molar-refractivity contribution in [3.05, 3.63) is 34.9 Å². The average Bonchev–Trinajstić information content (AvgIpc) is 2.16. The normalized spacial score (nSPS) is 25.1. The molecule has 0 radical (unpaired) electrons. The van der Waals surface area contributed by atoms with Gasteiger partial charge in [-0.3, -0.25) is 0 Å². The van der Waals surface area contributed by atoms with E-state index in [2.05, 4.69) is 31.3 Å². The summed E-state index contributed by atoms with van der Waals surface area (Å²) in [5, 5.41) is 4.34. The van der Waals surface area contributed by atoms with E-state index < -0.39 is 0 Å². The molecular formula is C13H18ClN. The lowest BCUT2D eigenvalue weighted by atomic mass is 9.77. The summed E-state index contributed by atoms with van der Waals surface area (Å²) in [6, 6.07) is 8.25. The minimum Gasteiger partial charge on any atom is -0.316 e. The van der Waals surface area contributed by atoms with Crippen LogP contribution in [0, 0.1) is 5.41 Å². The fourth-order valence-corrected chi connectivity index (χ4v) is 2.59. The van der Waals surface area contributed by atoms with Gasteiger partial charge in [0.15, 0.2) is 0 Å². The summed E-state index contributed by atoms with van der Waals surface area (Å²) >= 11 is 6.01. The maximum atomic E-state index is 6.01. The summed E-state index contributed by atoms with van der Waals surface area (Å²) in [6.07, 6.45) is 1.24. The van der Waals surface area contributed by atoms with Crippen LogP contribution in [0.1, 0.15) is 31.7 Å². The molecule has 1 aliphatic heterocycles. The van der Waals surface area contributed by atoms with Crippen molar-refractivity contribution in [2.45, 2.75) is 26.2 Å². The monoisotopic (exact) mass is 223 g/mol. The molecule has 2 heteroatoms. The van der Waals surface area contributed by atoms with Gasteiger partial charge in [0.2, 0.25) is 0 Å². The van der Waals surface area contributed by atoms with Crippen LogP contribution in [0.2, 0.25) is 5.02 Å². The molecule has 1 aromatic carbocycles. The van der Waals surface area contributed by atoms with Gasteiger partial charge >= 0.3 is 0 Å². The maximum absolute atomic E-state index is 6.01. The highest BCUT2D eigenvalue weighted by Crippen LogP contribution is 2.34. The van der Waals surface area contributed by atoms with Gasteiger partial charge in [-0.2, -0.15) is 0 Å². The zero-order valence-corrected chi connectivity index (χ0v) is 10.1. The molecule has 2 rings (SSSR count). The molecule has 1 heterocycles. The fraction of sp³-hybridized carbons (Fsp3) is 0.538. The molecule has 1 unspecified atom stereocenters. The van der Waals surface area contributed by atoms with Gasteiger partial charge in [0, 0.05) is 18.1 Å². The topological polar surface area (TPSA) is 12.0 Å². The second-order valence-corrected chi connectivity index (χ2v) is 5.69. The van der Waals surface area contributed by atoms with Crippen molar-refractivity contribution in [3.63, 3.8) is 0 Å². The molecule has 1 nitrogen and oxygen atoms in total. The van der Waals surface area contributed by atoms with Gasteiger partial charge in [-0.05, 0) is 35.4 Å². The van der Waals surface area contributed by atoms with Gasteiger partial charge in [0.1, 0.15) is 0 Å². The van der Waals surface area contributed by atoms with Gasteiger partial charge in [0.05, 0.1) is 0 Å². The number of hydrogen-bond acceptors (Lipinski definition) is 1. The third-order valence-electron chi connectivity index (χ3n) is 3.11. The molecule has 0 bridgehead atoms. The largest absolute Gasteiger partial charge is 0.316 e. The standard InChI is InChI=1S/C13H18ClN/c1-13(2)7-11(8-15-9-13)10-4-3-5-12(14)6-10/h3-6,11,15H,7-9H2,1-2H3. The van der Waals surface area contributed by atoms with E-state index in [0.717, 1.165) is 18.1 Å². The number of rotatable bonds is 1. The van der Waals surface area contributed by atoms with E-state index in [1.54, 1.807) is 0 Å². The van der Waals surface area contributed by atoms with Crippen molar-refractivity contribution in [1.29, 1.82) is 0 Å². The number of hydrogen-bond donors (Lipinski definition) is 1. The molecule has 82 valence electrons. The van der Waals surface area contributed by atoms with Crippen molar-refractivity contribution in [2.24, 2.45) is 5.41 Å². The van der Waals surface area contributed by atoms with E-state index in [-0.39, 0.29) is 0 Å². The van der Waals surface area contributed by atoms with Gasteiger partial charge in [-0.15, -0.1) is 0 Å². The van der Waals surface area contributed by atoms with Crippen LogP contribution in [-0.4, -0.2) is 13.1 Å². The summed E-state index contributed by atoms with van der Waals surface area (Å²) < 4.78 is 0. The van der Waals surface area contributed by atoms with E-state index in [1.165, 1.54) is 12.0 Å². The Morgan fingerprint density at radius 3 is 2.87 bits per heavy atom. The highest BCUT2D eigenvalue weighted by Gasteiger charge is 2.28. The first-order valence-corrected chi connectivity index (χ1v) is 5.91. The first-order valence-electron chi connectivity index (χ1n) is 5.53. The summed E-state index contributed by atoms with van der Waals surface area (Å²) in [7, 11) is 0. The zero-order chi connectivity index (χ0) is 10.9. The van der Waals surface area contributed by atoms with Crippen molar-refractivity contribution in [1.82, 2.24) is 5.32 Å². The number of piperidine rings is 1. The van der Waals surface area contributed by atoms with Crippen LogP contribution in [-0.2, 0) is 0 Å². The summed E-state index contributed by atoms with van der Waals surface area (Å²) in [4.78, 5) is 0. The second-order valence-electron chi connectivity index (χ2n) is 5.25. The van der Waals surface area contributed by atoms with Crippen LogP contribution in [0.5, 0.6) is 0 Å². The molecule has 0 saturated carbocycles. The third kappa shape index (κ3) is 2.73. The molecule has 1 atom stereocenters. The fourth-order valence-electron chi connectivity index (χ4n) is 2.39. The number of halogens is 1. The first kappa shape index (κ1) is 11.0. The highest BCUT2D eigenvalue weighted by molar-refractivity contribution is 6.30. The molecule has 1 saturated heterocycles. The molecule has 1 fully saturated rings. The lowest BCUT2D eigenvalue weighted by Crippen LogP contribution is -2.40. The number of benzene rings is 1. The van der Waals surface area contributed by atoms with Crippen LogP contribution >= 0.6 is 11.6 Å². The molecular weight excluding hydrogens is 206 g/mol. The number of nitrogens with one attached hydrogen (secondary N) is 1. The van der Waals surface area contributed by atoms with Gasteiger partial charge in [-0.1, -0.05) is 37.6 Å². The molecule has 1 aliphatic rings. The molecule has 0 aliphatic carbocycles. The zero-order valence-electron chi connectivity index (χ0n) is 9.39. The smallest absolute Gasteiger partial charge is 0.0408 e. The Bertz CT molecular complexity index is 346. The van der Waals surface area contributed by atoms with Crippen molar-refractivity contribution in [2.75, 3.05) is 13.1 Å². The SMILES string of the molecule is CC1(C)CNCC(c2cccc(Cl)c2)C1. The third-order valence-corrected chi connectivity index (χ3v) is 3.35. The quantitative estimate of drug-likeness (QED) is 0.769. The molecule has 0 amide bonds. The van der Waals surface area contributed by atoms with Crippen LogP contribution in [0.4, 0.5) is 0 Å². The molecule has 1 aromatic rings. The predicted octanol–water partition coefficient (Wildman–Crippen LogP) is 3.44. The summed E-state index contributed by atoms with van der Waals surface area (Å²) in [5.74, 6) is 0.604. The highest BCUT2D eigenvalue weighted by atomic mass is 35.5. The lowest BCUT2D eigenvalue weighted by molar-refractivity contribution is 0.240. The maximum Gasteiger partial charge on any atom is 0.0408 e. The Hall–Kier alpha value is -0.530. The van der Waals surface area contributed by atoms with E-state index in [0.29, 0.717) is 11.3 Å². The molecule has 15 heavy (non-hydrogen) atoms. The van der Waals surface area contributed by atoms with E-state index in [1.807, 2.05) is 12.1 Å². The Balaban J connectivity index is 2.17. The van der Waals surface area contributed by atoms with Gasteiger partial charge in [0.25, 0.3) is 0 Å². The minimum absolute atomic E-state index is 0.394. The Labute approximate surface area is 96.8 Å². The minimum atomic E-state index is 0.394. The van der Waals surface area contributed by atoms with Crippen LogP contribution in [0.15, 0.2) is 24.3 Å². The Kier molecular flexibility index (Phi) is 3.03. The van der Waals surface area contributed by atoms with Crippen LogP contribution in [0.25, 0.3) is 0 Å². The van der Waals surface area contributed by atoms with E-state index in [9.17, 15) is 0 Å². The second kappa shape index (κ2) is 4.15. The first-order chi connectivity index (χ1) is 7.07. The van der Waals surface area contributed by atoms with Crippen molar-refractivity contribution in [3.8, 4) is 0 Å². The predicted molar refractivity (Wildman–Crippen MR) is 65.5 cm³/mol. The van der Waals surface area contributed by atoms with Gasteiger partial charge < -0.3 is 5.32 Å². The Morgan fingerprint density at radius 1 is 1.40 bits per heavy atom. The van der Waals surface area contributed by atoms with Crippen molar-refractivity contribution < 1.29 is 0 Å². The van der Waals surface area contributed by atoms with Gasteiger partial charge in [-0.25, -0.2) is 0 Å². The summed E-state index contributed by atoms with van der Waals surface area (Å²) in [5.41, 5.74) is 1.76.